The number of hydrogen-bond acceptors (Lipinski definition) is 2. The highest BCUT2D eigenvalue weighted by molar-refractivity contribution is 5.50. The number of hydrazine groups is 1. The molecule has 0 aromatic carbocycles. The van der Waals surface area contributed by atoms with E-state index < -0.39 is 0 Å². The number of hydrogen-bond donors (Lipinski definition) is 2. The molecule has 3 heteroatoms. The zero-order valence-electron chi connectivity index (χ0n) is 4.26. The van der Waals surface area contributed by atoms with Crippen LogP contribution >= 0.6 is 0 Å². The predicted molar refractivity (Wildman–Crippen MR) is 29.6 cm³/mol. The number of nitrogens with one attached hydrogen (secondary N) is 1. The van der Waals surface area contributed by atoms with E-state index in [1.807, 2.05) is 6.92 Å². The van der Waals surface area contributed by atoms with E-state index in [9.17, 15) is 0 Å². The molecule has 0 atom stereocenters. The second-order valence-corrected chi connectivity index (χ2v) is 1.06. The van der Waals surface area contributed by atoms with Crippen molar-refractivity contribution in [1.29, 1.82) is 5.41 Å². The minimum atomic E-state index is 1.03. The third-order valence-corrected chi connectivity index (χ3v) is 0.470. The Morgan fingerprint density at radius 2 is 2.29 bits per heavy atom. The Bertz CT molecular complexity index is 77.0. The van der Waals surface area contributed by atoms with Gasteiger partial charge in [-0.3, -0.25) is 10.4 Å². The van der Waals surface area contributed by atoms with Gasteiger partial charge in [-0.1, -0.05) is 6.08 Å². The van der Waals surface area contributed by atoms with Crippen LogP contribution in [0.25, 0.3) is 0 Å². The Balaban J connectivity index is 3.35. The normalized spacial score (nSPS) is 9.43. The Kier molecular flexibility index (Phi) is 2.96. The third-order valence-electron chi connectivity index (χ3n) is 0.470. The van der Waals surface area contributed by atoms with Gasteiger partial charge in [-0.05, 0) is 6.92 Å². The number of allylic oxidation sites excluding steroid dienone is 1. The minimum Gasteiger partial charge on any atom is -0.290 e. The first-order valence-corrected chi connectivity index (χ1v) is 1.97. The molecule has 3 N–H and O–H groups in total. The molecule has 0 saturated carbocycles. The van der Waals surface area contributed by atoms with E-state index in [0.717, 1.165) is 6.34 Å². The van der Waals surface area contributed by atoms with Crippen LogP contribution in [0.15, 0.2) is 12.3 Å². The van der Waals surface area contributed by atoms with Gasteiger partial charge in [-0.15, -0.1) is 0 Å². The lowest BCUT2D eigenvalue weighted by molar-refractivity contribution is 0.611. The van der Waals surface area contributed by atoms with E-state index >= 15 is 0 Å². The Hall–Kier alpha value is -0.830. The van der Waals surface area contributed by atoms with Crippen LogP contribution in [-0.4, -0.2) is 11.3 Å². The van der Waals surface area contributed by atoms with E-state index in [0.29, 0.717) is 0 Å². The summed E-state index contributed by atoms with van der Waals surface area (Å²) in [4.78, 5) is 0. The highest BCUT2D eigenvalue weighted by atomic mass is 15.4. The van der Waals surface area contributed by atoms with Crippen LogP contribution in [0.2, 0.25) is 0 Å². The minimum absolute atomic E-state index is 1.03. The first kappa shape index (κ1) is 6.17. The van der Waals surface area contributed by atoms with Gasteiger partial charge in [-0.25, -0.2) is 5.84 Å². The molecule has 7 heavy (non-hydrogen) atoms. The summed E-state index contributed by atoms with van der Waals surface area (Å²) in [6, 6.07) is 0. The van der Waals surface area contributed by atoms with Crippen LogP contribution in [0.5, 0.6) is 0 Å². The summed E-state index contributed by atoms with van der Waals surface area (Å²) in [6.45, 7) is 1.84. The first-order chi connectivity index (χ1) is 3.31. The van der Waals surface area contributed by atoms with E-state index in [2.05, 4.69) is 0 Å². The summed E-state index contributed by atoms with van der Waals surface area (Å²) in [6.07, 6.45) is 4.37. The fourth-order valence-corrected chi connectivity index (χ4v) is 0.215. The molecule has 0 aliphatic carbocycles. The van der Waals surface area contributed by atoms with Gasteiger partial charge in [0, 0.05) is 6.20 Å². The Morgan fingerprint density at radius 1 is 1.71 bits per heavy atom. The van der Waals surface area contributed by atoms with E-state index in [1.165, 1.54) is 5.01 Å². The zero-order chi connectivity index (χ0) is 5.70. The van der Waals surface area contributed by atoms with Gasteiger partial charge < -0.3 is 0 Å². The molecule has 0 aromatic heterocycles. The molecular formula is C4H9N3. The van der Waals surface area contributed by atoms with Crippen molar-refractivity contribution in [3.05, 3.63) is 12.3 Å². The predicted octanol–water partition coefficient (Wildman–Crippen LogP) is 0.303. The smallest absolute Gasteiger partial charge is 0.100 e. The summed E-state index contributed by atoms with van der Waals surface area (Å²) in [5.74, 6) is 5.09. The zero-order valence-corrected chi connectivity index (χ0v) is 4.26. The van der Waals surface area contributed by atoms with Crippen molar-refractivity contribution in [2.24, 2.45) is 5.84 Å². The van der Waals surface area contributed by atoms with Crippen LogP contribution in [-0.2, 0) is 0 Å². The fraction of sp³-hybridized carbons (Fsp3) is 0.250. The summed E-state index contributed by atoms with van der Waals surface area (Å²) in [7, 11) is 0. The van der Waals surface area contributed by atoms with E-state index in [-0.39, 0.29) is 0 Å². The third kappa shape index (κ3) is 2.99. The maximum absolute atomic E-state index is 6.54. The molecule has 0 heterocycles. The van der Waals surface area contributed by atoms with Gasteiger partial charge in [-0.2, -0.15) is 0 Å². The summed E-state index contributed by atoms with van der Waals surface area (Å²) in [5, 5.41) is 7.70. The molecule has 0 aliphatic rings. The second kappa shape index (κ2) is 3.36. The number of nitrogens with two attached hydrogens (primary N) is 1. The molecule has 0 amide bonds. The highest BCUT2D eigenvalue weighted by Crippen LogP contribution is 1.69. The van der Waals surface area contributed by atoms with Crippen molar-refractivity contribution < 1.29 is 0 Å². The molecule has 0 rings (SSSR count). The van der Waals surface area contributed by atoms with Gasteiger partial charge in [0.15, 0.2) is 0 Å². The SMILES string of the molecule is C/C=C\N(N)C=N. The van der Waals surface area contributed by atoms with Gasteiger partial charge in [0.2, 0.25) is 0 Å². The lowest BCUT2D eigenvalue weighted by Gasteiger charge is -2.00. The largest absolute Gasteiger partial charge is 0.290 e. The van der Waals surface area contributed by atoms with Crippen molar-refractivity contribution >= 4 is 6.34 Å². The van der Waals surface area contributed by atoms with Crippen molar-refractivity contribution in [3.63, 3.8) is 0 Å². The van der Waals surface area contributed by atoms with E-state index in [4.69, 9.17) is 11.3 Å². The quantitative estimate of drug-likeness (QED) is 0.226. The molecule has 0 unspecified atom stereocenters. The van der Waals surface area contributed by atoms with Crippen LogP contribution in [0.4, 0.5) is 0 Å². The molecule has 0 radical (unpaired) electrons. The van der Waals surface area contributed by atoms with Gasteiger partial charge in [0.25, 0.3) is 0 Å². The summed E-state index contributed by atoms with van der Waals surface area (Å²) < 4.78 is 0. The van der Waals surface area contributed by atoms with Crippen molar-refractivity contribution in [2.45, 2.75) is 6.92 Å². The van der Waals surface area contributed by atoms with Crippen LogP contribution in [0.1, 0.15) is 6.92 Å². The maximum atomic E-state index is 6.54. The van der Waals surface area contributed by atoms with Crippen molar-refractivity contribution in [1.82, 2.24) is 5.01 Å². The molecule has 3 nitrogen and oxygen atoms in total. The average Bonchev–Trinajstić information content (AvgIpc) is 1.68. The molecular weight excluding hydrogens is 90.1 g/mol. The lowest BCUT2D eigenvalue weighted by atomic mass is 10.7. The average molecular weight is 99.1 g/mol. The molecule has 0 spiro atoms. The van der Waals surface area contributed by atoms with Crippen LogP contribution in [0, 0.1) is 5.41 Å². The van der Waals surface area contributed by atoms with E-state index in [1.54, 1.807) is 12.3 Å². The topological polar surface area (TPSA) is 53.1 Å². The lowest BCUT2D eigenvalue weighted by Crippen LogP contribution is -2.21. The number of rotatable bonds is 2. The van der Waals surface area contributed by atoms with Crippen LogP contribution < -0.4 is 5.84 Å². The monoisotopic (exact) mass is 99.1 g/mol. The summed E-state index contributed by atoms with van der Waals surface area (Å²) in [5.41, 5.74) is 0. The second-order valence-electron chi connectivity index (χ2n) is 1.06. The van der Waals surface area contributed by atoms with Crippen LogP contribution in [0.3, 0.4) is 0 Å². The van der Waals surface area contributed by atoms with Crippen molar-refractivity contribution in [2.75, 3.05) is 0 Å². The Labute approximate surface area is 42.9 Å². The molecule has 0 aliphatic heterocycles. The standard InChI is InChI=1S/C4H9N3/c1-2-3-7(6)4-5/h2-5H,6H2,1H3/b3-2-,5-4?. The molecule has 40 valence electrons. The molecule has 0 fully saturated rings. The maximum Gasteiger partial charge on any atom is 0.100 e. The molecule has 0 bridgehead atoms. The number of nitrogens with zero attached hydrogens (tertiary/aromatic N) is 1. The summed E-state index contributed by atoms with van der Waals surface area (Å²) >= 11 is 0. The van der Waals surface area contributed by atoms with Gasteiger partial charge >= 0.3 is 0 Å². The fourth-order valence-electron chi connectivity index (χ4n) is 0.215. The first-order valence-electron chi connectivity index (χ1n) is 1.97. The van der Waals surface area contributed by atoms with Gasteiger partial charge in [0.05, 0.1) is 0 Å². The Morgan fingerprint density at radius 3 is 2.43 bits per heavy atom. The van der Waals surface area contributed by atoms with Gasteiger partial charge in [0.1, 0.15) is 6.34 Å². The molecule has 0 aromatic rings. The van der Waals surface area contributed by atoms with Crippen molar-refractivity contribution in [3.8, 4) is 0 Å². The molecule has 0 saturated heterocycles. The highest BCUT2D eigenvalue weighted by Gasteiger charge is 1.73.